The molecule has 2 aromatic heterocycles. The molecular formula is C23H21N3O3S. The van der Waals surface area contributed by atoms with E-state index in [1.54, 1.807) is 36.9 Å². The zero-order valence-corrected chi connectivity index (χ0v) is 17.8. The summed E-state index contributed by atoms with van der Waals surface area (Å²) in [7, 11) is 0. The SMILES string of the molecule is CCOC(=O)C1=C(C)N=c2s/c(=C/c3cccnc3)c(=O)n2[C@@H]1c1ccc(C)cc1. The van der Waals surface area contributed by atoms with Gasteiger partial charge in [0.2, 0.25) is 0 Å². The zero-order valence-electron chi connectivity index (χ0n) is 17.0. The Kier molecular flexibility index (Phi) is 5.46. The molecule has 152 valence electrons. The molecule has 0 bridgehead atoms. The third kappa shape index (κ3) is 3.64. The minimum absolute atomic E-state index is 0.192. The standard InChI is InChI=1S/C23H21N3O3S/c1-4-29-22(28)19-15(3)25-23-26(20(19)17-9-7-14(2)8-10-17)21(27)18(30-23)12-16-6-5-11-24-13-16/h5-13,20H,4H2,1-3H3/b18-12+/t20-/m1/s1. The van der Waals surface area contributed by atoms with Gasteiger partial charge in [0.1, 0.15) is 0 Å². The fourth-order valence-electron chi connectivity index (χ4n) is 3.47. The second-order valence-corrected chi connectivity index (χ2v) is 8.01. The van der Waals surface area contributed by atoms with Crippen molar-refractivity contribution in [3.63, 3.8) is 0 Å². The van der Waals surface area contributed by atoms with Gasteiger partial charge in [-0.1, -0.05) is 47.2 Å². The van der Waals surface area contributed by atoms with Crippen molar-refractivity contribution in [1.29, 1.82) is 0 Å². The lowest BCUT2D eigenvalue weighted by Gasteiger charge is -2.24. The normalized spacial score (nSPS) is 16.2. The van der Waals surface area contributed by atoms with Gasteiger partial charge in [-0.15, -0.1) is 0 Å². The molecule has 3 heterocycles. The van der Waals surface area contributed by atoms with Crippen molar-refractivity contribution < 1.29 is 9.53 Å². The van der Waals surface area contributed by atoms with Gasteiger partial charge in [-0.05, 0) is 44.0 Å². The molecule has 30 heavy (non-hydrogen) atoms. The van der Waals surface area contributed by atoms with Crippen molar-refractivity contribution >= 4 is 23.4 Å². The van der Waals surface area contributed by atoms with Crippen LogP contribution in [0, 0.1) is 6.92 Å². The van der Waals surface area contributed by atoms with Crippen LogP contribution < -0.4 is 14.9 Å². The number of esters is 1. The monoisotopic (exact) mass is 419 g/mol. The Morgan fingerprint density at radius 2 is 2.00 bits per heavy atom. The Labute approximate surface area is 177 Å². The van der Waals surface area contributed by atoms with E-state index in [9.17, 15) is 9.59 Å². The maximum atomic E-state index is 13.4. The van der Waals surface area contributed by atoms with Crippen molar-refractivity contribution in [2.45, 2.75) is 26.8 Å². The van der Waals surface area contributed by atoms with Gasteiger partial charge in [0, 0.05) is 12.4 Å². The molecular weight excluding hydrogens is 398 g/mol. The van der Waals surface area contributed by atoms with Gasteiger partial charge in [0.25, 0.3) is 5.56 Å². The van der Waals surface area contributed by atoms with Crippen molar-refractivity contribution in [3.8, 4) is 0 Å². The van der Waals surface area contributed by atoms with Crippen LogP contribution in [-0.2, 0) is 9.53 Å². The summed E-state index contributed by atoms with van der Waals surface area (Å²) in [6.45, 7) is 5.79. The maximum absolute atomic E-state index is 13.4. The van der Waals surface area contributed by atoms with Crippen LogP contribution in [-0.4, -0.2) is 22.1 Å². The van der Waals surface area contributed by atoms with Gasteiger partial charge in [-0.25, -0.2) is 9.79 Å². The number of carbonyl (C=O) groups excluding carboxylic acids is 1. The molecule has 0 fully saturated rings. The second-order valence-electron chi connectivity index (χ2n) is 7.00. The number of thiazole rings is 1. The quantitative estimate of drug-likeness (QED) is 0.609. The minimum atomic E-state index is -0.586. The lowest BCUT2D eigenvalue weighted by molar-refractivity contribution is -0.139. The van der Waals surface area contributed by atoms with Gasteiger partial charge < -0.3 is 4.74 Å². The maximum Gasteiger partial charge on any atom is 0.338 e. The molecule has 1 aromatic carbocycles. The topological polar surface area (TPSA) is 73.6 Å². The molecule has 0 N–H and O–H groups in total. The highest BCUT2D eigenvalue weighted by atomic mass is 32.1. The van der Waals surface area contributed by atoms with Gasteiger partial charge >= 0.3 is 5.97 Å². The van der Waals surface area contributed by atoms with Gasteiger partial charge in [-0.3, -0.25) is 14.3 Å². The number of nitrogens with zero attached hydrogens (tertiary/aromatic N) is 3. The largest absolute Gasteiger partial charge is 0.463 e. The molecule has 0 amide bonds. The first-order valence-electron chi connectivity index (χ1n) is 9.66. The number of benzene rings is 1. The number of carbonyl (C=O) groups is 1. The molecule has 7 heteroatoms. The number of hydrogen-bond acceptors (Lipinski definition) is 6. The highest BCUT2D eigenvalue weighted by molar-refractivity contribution is 7.07. The number of hydrogen-bond donors (Lipinski definition) is 0. The Hall–Kier alpha value is -3.32. The smallest absolute Gasteiger partial charge is 0.338 e. The number of aryl methyl sites for hydroxylation is 1. The summed E-state index contributed by atoms with van der Waals surface area (Å²) in [6, 6.07) is 10.9. The van der Waals surface area contributed by atoms with E-state index in [0.717, 1.165) is 16.7 Å². The summed E-state index contributed by atoms with van der Waals surface area (Å²) >= 11 is 1.30. The van der Waals surface area contributed by atoms with Crippen molar-refractivity contribution in [1.82, 2.24) is 9.55 Å². The zero-order chi connectivity index (χ0) is 21.3. The first-order chi connectivity index (χ1) is 14.5. The van der Waals surface area contributed by atoms with E-state index in [2.05, 4.69) is 9.98 Å². The van der Waals surface area contributed by atoms with Crippen LogP contribution in [0.1, 0.15) is 36.6 Å². The molecule has 0 spiro atoms. The molecule has 0 radical (unpaired) electrons. The minimum Gasteiger partial charge on any atom is -0.463 e. The number of fused-ring (bicyclic) bond motifs is 1. The number of pyridine rings is 1. The Balaban J connectivity index is 1.96. The second kappa shape index (κ2) is 8.20. The third-order valence-electron chi connectivity index (χ3n) is 4.89. The summed E-state index contributed by atoms with van der Waals surface area (Å²) in [5.41, 5.74) is 3.53. The summed E-state index contributed by atoms with van der Waals surface area (Å²) in [5.74, 6) is -0.453. The highest BCUT2D eigenvalue weighted by Crippen LogP contribution is 2.30. The molecule has 6 nitrogen and oxygen atoms in total. The summed E-state index contributed by atoms with van der Waals surface area (Å²) in [6.07, 6.45) is 5.18. The predicted octanol–water partition coefficient (Wildman–Crippen LogP) is 2.50. The summed E-state index contributed by atoms with van der Waals surface area (Å²) < 4.78 is 7.43. The van der Waals surface area contributed by atoms with Crippen molar-refractivity contribution in [3.05, 3.63) is 96.4 Å². The third-order valence-corrected chi connectivity index (χ3v) is 5.88. The van der Waals surface area contributed by atoms with Crippen LogP contribution in [0.3, 0.4) is 0 Å². The molecule has 1 aliphatic heterocycles. The molecule has 0 unspecified atom stereocenters. The van der Waals surface area contributed by atoms with E-state index >= 15 is 0 Å². The predicted molar refractivity (Wildman–Crippen MR) is 116 cm³/mol. The van der Waals surface area contributed by atoms with Crippen molar-refractivity contribution in [2.75, 3.05) is 6.61 Å². The molecule has 0 saturated heterocycles. The molecule has 4 rings (SSSR count). The Morgan fingerprint density at radius 3 is 2.67 bits per heavy atom. The average Bonchev–Trinajstić information content (AvgIpc) is 3.03. The fraction of sp³-hybridized carbons (Fsp3) is 0.217. The van der Waals surface area contributed by atoms with Gasteiger partial charge in [0.05, 0.1) is 28.5 Å². The van der Waals surface area contributed by atoms with Crippen LogP contribution in [0.5, 0.6) is 0 Å². The van der Waals surface area contributed by atoms with Crippen LogP contribution in [0.2, 0.25) is 0 Å². The Bertz CT molecular complexity index is 1300. The molecule has 0 saturated carbocycles. The molecule has 1 aliphatic rings. The Morgan fingerprint density at radius 1 is 1.23 bits per heavy atom. The van der Waals surface area contributed by atoms with E-state index in [-0.39, 0.29) is 12.2 Å². The number of rotatable bonds is 4. The first-order valence-corrected chi connectivity index (χ1v) is 10.5. The molecule has 0 aliphatic carbocycles. The van der Waals surface area contributed by atoms with E-state index < -0.39 is 12.0 Å². The number of allylic oxidation sites excluding steroid dienone is 1. The first kappa shape index (κ1) is 20.0. The molecule has 3 aromatic rings. The van der Waals surface area contributed by atoms with E-state index in [0.29, 0.717) is 20.6 Å². The van der Waals surface area contributed by atoms with Crippen LogP contribution >= 0.6 is 11.3 Å². The lowest BCUT2D eigenvalue weighted by Crippen LogP contribution is -2.39. The van der Waals surface area contributed by atoms with E-state index in [1.165, 1.54) is 11.3 Å². The van der Waals surface area contributed by atoms with Crippen LogP contribution in [0.25, 0.3) is 6.08 Å². The molecule has 1 atom stereocenters. The van der Waals surface area contributed by atoms with Crippen LogP contribution in [0.4, 0.5) is 0 Å². The van der Waals surface area contributed by atoms with Gasteiger partial charge in [0.15, 0.2) is 4.80 Å². The average molecular weight is 420 g/mol. The summed E-state index contributed by atoms with van der Waals surface area (Å²) in [4.78, 5) is 35.4. The number of aromatic nitrogens is 2. The highest BCUT2D eigenvalue weighted by Gasteiger charge is 2.33. The van der Waals surface area contributed by atoms with E-state index in [4.69, 9.17) is 4.74 Å². The van der Waals surface area contributed by atoms with Crippen molar-refractivity contribution in [2.24, 2.45) is 4.99 Å². The summed E-state index contributed by atoms with van der Waals surface area (Å²) in [5, 5.41) is 0. The van der Waals surface area contributed by atoms with E-state index in [1.807, 2.05) is 43.3 Å². The number of ether oxygens (including phenoxy) is 1. The van der Waals surface area contributed by atoms with Gasteiger partial charge in [-0.2, -0.15) is 0 Å². The van der Waals surface area contributed by atoms with Crippen LogP contribution in [0.15, 0.2) is 69.8 Å². The lowest BCUT2D eigenvalue weighted by atomic mass is 9.95. The fourth-order valence-corrected chi connectivity index (χ4v) is 4.51.